The molecule has 0 aliphatic heterocycles. The number of methoxy groups -OCH3 is 1. The van der Waals surface area contributed by atoms with Crippen LogP contribution in [0.5, 0.6) is 5.88 Å². The van der Waals surface area contributed by atoms with Crippen LogP contribution in [0.1, 0.15) is 20.8 Å². The fourth-order valence-corrected chi connectivity index (χ4v) is 1.36. The van der Waals surface area contributed by atoms with Gasteiger partial charge in [-0.3, -0.25) is 0 Å². The zero-order valence-corrected chi connectivity index (χ0v) is 10.4. The second-order valence-corrected chi connectivity index (χ2v) is 4.49. The molecule has 90 valence electrons. The monoisotopic (exact) mass is 223 g/mol. The van der Waals surface area contributed by atoms with E-state index in [1.165, 1.54) is 0 Å². The molecule has 0 bridgehead atoms. The zero-order valence-electron chi connectivity index (χ0n) is 10.4. The fourth-order valence-electron chi connectivity index (χ4n) is 1.36. The minimum Gasteiger partial charge on any atom is -0.481 e. The van der Waals surface area contributed by atoms with E-state index < -0.39 is 0 Å². The number of anilines is 1. The van der Waals surface area contributed by atoms with E-state index in [0.717, 1.165) is 5.69 Å². The number of hydrogen-bond donors (Lipinski definition) is 2. The molecule has 1 unspecified atom stereocenters. The molecule has 16 heavy (non-hydrogen) atoms. The van der Waals surface area contributed by atoms with Crippen molar-refractivity contribution in [2.75, 3.05) is 19.0 Å². The molecule has 1 rings (SSSR count). The van der Waals surface area contributed by atoms with Crippen LogP contribution in [0, 0.1) is 5.92 Å². The second kappa shape index (κ2) is 5.16. The third-order valence-electron chi connectivity index (χ3n) is 3.07. The summed E-state index contributed by atoms with van der Waals surface area (Å²) >= 11 is 0. The predicted octanol–water partition coefficient (Wildman–Crippen LogP) is 1.88. The Bertz CT molecular complexity index is 341. The molecule has 1 heterocycles. The van der Waals surface area contributed by atoms with Crippen molar-refractivity contribution < 1.29 is 4.74 Å². The first-order valence-electron chi connectivity index (χ1n) is 5.50. The Labute approximate surface area is 97.2 Å². The summed E-state index contributed by atoms with van der Waals surface area (Å²) in [6.07, 6.45) is 1.72. The van der Waals surface area contributed by atoms with Crippen molar-refractivity contribution in [2.45, 2.75) is 26.3 Å². The lowest BCUT2D eigenvalue weighted by Crippen LogP contribution is -2.47. The van der Waals surface area contributed by atoms with Gasteiger partial charge in [0.1, 0.15) is 0 Å². The van der Waals surface area contributed by atoms with Gasteiger partial charge in [-0.15, -0.1) is 0 Å². The molecule has 3 N–H and O–H groups in total. The van der Waals surface area contributed by atoms with Crippen LogP contribution in [-0.2, 0) is 0 Å². The Balaban J connectivity index is 2.85. The maximum Gasteiger partial charge on any atom is 0.214 e. The van der Waals surface area contributed by atoms with Gasteiger partial charge in [0.25, 0.3) is 0 Å². The van der Waals surface area contributed by atoms with Gasteiger partial charge in [0, 0.05) is 30.0 Å². The number of ether oxygens (including phenoxy) is 1. The highest BCUT2D eigenvalue weighted by molar-refractivity contribution is 5.47. The Morgan fingerprint density at radius 1 is 1.56 bits per heavy atom. The van der Waals surface area contributed by atoms with Crippen molar-refractivity contribution >= 4 is 5.69 Å². The lowest BCUT2D eigenvalue weighted by atomic mass is 9.88. The van der Waals surface area contributed by atoms with Crippen molar-refractivity contribution in [3.05, 3.63) is 18.3 Å². The first-order chi connectivity index (χ1) is 7.51. The maximum atomic E-state index is 5.82. The van der Waals surface area contributed by atoms with Crippen molar-refractivity contribution in [2.24, 2.45) is 11.7 Å². The van der Waals surface area contributed by atoms with Gasteiger partial charge in [0.15, 0.2) is 0 Å². The second-order valence-electron chi connectivity index (χ2n) is 4.49. The molecule has 4 heteroatoms. The Morgan fingerprint density at radius 3 is 2.75 bits per heavy atom. The highest BCUT2D eigenvalue weighted by Crippen LogP contribution is 2.23. The Morgan fingerprint density at radius 2 is 2.25 bits per heavy atom. The molecule has 0 amide bonds. The van der Waals surface area contributed by atoms with Crippen LogP contribution >= 0.6 is 0 Å². The lowest BCUT2D eigenvalue weighted by Gasteiger charge is -2.34. The highest BCUT2D eigenvalue weighted by atomic mass is 16.5. The summed E-state index contributed by atoms with van der Waals surface area (Å²) < 4.78 is 5.08. The van der Waals surface area contributed by atoms with E-state index in [-0.39, 0.29) is 5.54 Å². The topological polar surface area (TPSA) is 60.2 Å². The molecule has 0 aliphatic rings. The van der Waals surface area contributed by atoms with E-state index in [2.05, 4.69) is 31.1 Å². The van der Waals surface area contributed by atoms with E-state index in [1.54, 1.807) is 13.3 Å². The SMILES string of the molecule is COc1cc(NC(C)(CN)C(C)C)ccn1. The maximum absolute atomic E-state index is 5.82. The van der Waals surface area contributed by atoms with Gasteiger partial charge < -0.3 is 15.8 Å². The average molecular weight is 223 g/mol. The van der Waals surface area contributed by atoms with Gasteiger partial charge in [0.05, 0.1) is 7.11 Å². The quantitative estimate of drug-likeness (QED) is 0.800. The van der Waals surface area contributed by atoms with Crippen LogP contribution in [-0.4, -0.2) is 24.2 Å². The Hall–Kier alpha value is -1.29. The molecule has 0 radical (unpaired) electrons. The normalized spacial score (nSPS) is 14.6. The highest BCUT2D eigenvalue weighted by Gasteiger charge is 2.26. The number of nitrogens with two attached hydrogens (primary N) is 1. The van der Waals surface area contributed by atoms with Crippen LogP contribution in [0.2, 0.25) is 0 Å². The molecule has 0 saturated carbocycles. The van der Waals surface area contributed by atoms with Gasteiger partial charge in [-0.05, 0) is 18.9 Å². The molecule has 0 spiro atoms. The van der Waals surface area contributed by atoms with E-state index in [4.69, 9.17) is 10.5 Å². The van der Waals surface area contributed by atoms with Gasteiger partial charge in [-0.2, -0.15) is 0 Å². The van der Waals surface area contributed by atoms with Crippen LogP contribution in [0.4, 0.5) is 5.69 Å². The molecule has 0 aromatic carbocycles. The largest absolute Gasteiger partial charge is 0.481 e. The third-order valence-corrected chi connectivity index (χ3v) is 3.07. The Kier molecular flexibility index (Phi) is 4.12. The third kappa shape index (κ3) is 2.85. The molecular formula is C12H21N3O. The molecule has 1 aromatic rings. The van der Waals surface area contributed by atoms with Crippen molar-refractivity contribution in [1.29, 1.82) is 0 Å². The molecule has 0 saturated heterocycles. The predicted molar refractivity (Wildman–Crippen MR) is 66.7 cm³/mol. The fraction of sp³-hybridized carbons (Fsp3) is 0.583. The van der Waals surface area contributed by atoms with Crippen molar-refractivity contribution in [3.63, 3.8) is 0 Å². The van der Waals surface area contributed by atoms with E-state index in [9.17, 15) is 0 Å². The van der Waals surface area contributed by atoms with Gasteiger partial charge >= 0.3 is 0 Å². The summed E-state index contributed by atoms with van der Waals surface area (Å²) in [5, 5.41) is 3.43. The van der Waals surface area contributed by atoms with Gasteiger partial charge in [-0.25, -0.2) is 4.98 Å². The molecule has 0 aliphatic carbocycles. The number of rotatable bonds is 5. The number of hydrogen-bond acceptors (Lipinski definition) is 4. The summed E-state index contributed by atoms with van der Waals surface area (Å²) in [6.45, 7) is 7.00. The first kappa shape index (κ1) is 12.8. The van der Waals surface area contributed by atoms with E-state index in [0.29, 0.717) is 18.3 Å². The summed E-state index contributed by atoms with van der Waals surface area (Å²) in [7, 11) is 1.61. The minimum absolute atomic E-state index is 0.119. The van der Waals surface area contributed by atoms with E-state index >= 15 is 0 Å². The molecule has 1 atom stereocenters. The summed E-state index contributed by atoms with van der Waals surface area (Å²) in [6, 6.07) is 3.79. The van der Waals surface area contributed by atoms with Gasteiger partial charge in [-0.1, -0.05) is 13.8 Å². The minimum atomic E-state index is -0.119. The number of nitrogens with one attached hydrogen (secondary N) is 1. The van der Waals surface area contributed by atoms with Crippen LogP contribution < -0.4 is 15.8 Å². The number of pyridine rings is 1. The number of nitrogens with zero attached hydrogens (tertiary/aromatic N) is 1. The van der Waals surface area contributed by atoms with Crippen LogP contribution in [0.25, 0.3) is 0 Å². The van der Waals surface area contributed by atoms with Crippen LogP contribution in [0.3, 0.4) is 0 Å². The summed E-state index contributed by atoms with van der Waals surface area (Å²) in [5.74, 6) is 1.05. The standard InChI is InChI=1S/C12H21N3O/c1-9(2)12(3,8-13)15-10-5-6-14-11(7-10)16-4/h5-7,9H,8,13H2,1-4H3,(H,14,15). The van der Waals surface area contributed by atoms with Crippen molar-refractivity contribution in [1.82, 2.24) is 4.98 Å². The summed E-state index contributed by atoms with van der Waals surface area (Å²) in [5.41, 5.74) is 6.68. The smallest absolute Gasteiger partial charge is 0.214 e. The van der Waals surface area contributed by atoms with E-state index in [1.807, 2.05) is 12.1 Å². The first-order valence-corrected chi connectivity index (χ1v) is 5.50. The molecule has 1 aromatic heterocycles. The van der Waals surface area contributed by atoms with Crippen LogP contribution in [0.15, 0.2) is 18.3 Å². The number of aromatic nitrogens is 1. The molecule has 4 nitrogen and oxygen atoms in total. The van der Waals surface area contributed by atoms with Gasteiger partial charge in [0.2, 0.25) is 5.88 Å². The molecular weight excluding hydrogens is 202 g/mol. The molecule has 0 fully saturated rings. The van der Waals surface area contributed by atoms with Crippen molar-refractivity contribution in [3.8, 4) is 5.88 Å². The summed E-state index contributed by atoms with van der Waals surface area (Å²) in [4.78, 5) is 4.07. The zero-order chi connectivity index (χ0) is 12.2. The average Bonchev–Trinajstić information content (AvgIpc) is 2.29. The lowest BCUT2D eigenvalue weighted by molar-refractivity contribution is 0.380.